The van der Waals surface area contributed by atoms with Crippen LogP contribution in [0.5, 0.6) is 0 Å². The molecule has 3 heteroatoms. The molecule has 0 aliphatic heterocycles. The van der Waals surface area contributed by atoms with Crippen LogP contribution in [0.2, 0.25) is 0 Å². The molecular formula is C23H45NO2. The summed E-state index contributed by atoms with van der Waals surface area (Å²) in [6.07, 6.45) is 8.33. The largest absolute Gasteiger partial charge is 0.390 e. The Bertz CT molecular complexity index is 424. The molecule has 2 saturated carbocycles. The van der Waals surface area contributed by atoms with Gasteiger partial charge in [-0.3, -0.25) is 0 Å². The molecule has 2 aliphatic rings. The Morgan fingerprint density at radius 1 is 0.808 bits per heavy atom. The first kappa shape index (κ1) is 25.4. The Morgan fingerprint density at radius 3 is 1.31 bits per heavy atom. The van der Waals surface area contributed by atoms with Crippen LogP contribution in [-0.4, -0.2) is 21.4 Å². The van der Waals surface area contributed by atoms with Crippen LogP contribution in [0.25, 0.3) is 0 Å². The van der Waals surface area contributed by atoms with Crippen molar-refractivity contribution in [3.8, 4) is 6.07 Å². The maximum Gasteiger partial charge on any atom is 0.0684 e. The number of hydrogen-bond donors (Lipinski definition) is 2. The summed E-state index contributed by atoms with van der Waals surface area (Å²) in [4.78, 5) is 0. The summed E-state index contributed by atoms with van der Waals surface area (Å²) in [6, 6.07) is 2.27. The third-order valence-electron chi connectivity index (χ3n) is 4.91. The molecule has 0 saturated heterocycles. The zero-order valence-electron chi connectivity index (χ0n) is 18.7. The van der Waals surface area contributed by atoms with Crippen LogP contribution in [0, 0.1) is 34.5 Å². The van der Waals surface area contributed by atoms with Crippen LogP contribution in [-0.2, 0) is 0 Å². The molecule has 0 bridgehead atoms. The van der Waals surface area contributed by atoms with Crippen molar-refractivity contribution in [2.24, 2.45) is 23.2 Å². The molecule has 0 aromatic heterocycles. The highest BCUT2D eigenvalue weighted by Gasteiger charge is 2.40. The summed E-state index contributed by atoms with van der Waals surface area (Å²) in [5.74, 6) is 1.93. The lowest BCUT2D eigenvalue weighted by atomic mass is 9.75. The summed E-state index contributed by atoms with van der Waals surface area (Å²) in [5.41, 5.74) is -0.615. The van der Waals surface area contributed by atoms with Crippen LogP contribution >= 0.6 is 0 Å². The molecule has 26 heavy (non-hydrogen) atoms. The Labute approximate surface area is 163 Å². The van der Waals surface area contributed by atoms with Crippen molar-refractivity contribution in [2.75, 3.05) is 0 Å². The fourth-order valence-corrected chi connectivity index (χ4v) is 3.72. The highest BCUT2D eigenvalue weighted by Crippen LogP contribution is 2.40. The van der Waals surface area contributed by atoms with Gasteiger partial charge in [0.25, 0.3) is 0 Å². The number of nitriles is 1. The van der Waals surface area contributed by atoms with E-state index in [9.17, 15) is 10.2 Å². The molecule has 0 heterocycles. The standard InChI is InChI=1S/C8H15N.C8H16O.C7H14O/c1-7(2)5-8(3,4)6-9;1-7(2)6-8(9)4-3-5-8;1-6(2)5-7(8)3-4-7/h7H,5H2,1-4H3;7,9H,3-6H2,1-2H3;6,8H,3-5H2,1-2H3. The van der Waals surface area contributed by atoms with Gasteiger partial charge in [-0.15, -0.1) is 0 Å². The van der Waals surface area contributed by atoms with E-state index in [4.69, 9.17) is 5.26 Å². The van der Waals surface area contributed by atoms with Crippen molar-refractivity contribution in [1.82, 2.24) is 0 Å². The Hall–Kier alpha value is -0.590. The molecule has 2 fully saturated rings. The van der Waals surface area contributed by atoms with Crippen LogP contribution in [0.1, 0.15) is 107 Å². The van der Waals surface area contributed by atoms with Crippen LogP contribution in [0.15, 0.2) is 0 Å². The lowest BCUT2D eigenvalue weighted by Crippen LogP contribution is -2.37. The van der Waals surface area contributed by atoms with Gasteiger partial charge in [0.1, 0.15) is 0 Å². The second-order valence-electron chi connectivity index (χ2n) is 10.6. The minimum atomic E-state index is -0.256. The summed E-state index contributed by atoms with van der Waals surface area (Å²) < 4.78 is 0. The predicted molar refractivity (Wildman–Crippen MR) is 111 cm³/mol. The van der Waals surface area contributed by atoms with Gasteiger partial charge in [0.2, 0.25) is 0 Å². The molecule has 2 aliphatic carbocycles. The first-order valence-electron chi connectivity index (χ1n) is 10.6. The minimum absolute atomic E-state index is 0.131. The lowest BCUT2D eigenvalue weighted by Gasteiger charge is -2.37. The van der Waals surface area contributed by atoms with Crippen molar-refractivity contribution < 1.29 is 10.2 Å². The first-order chi connectivity index (χ1) is 11.7. The molecule has 3 nitrogen and oxygen atoms in total. The van der Waals surface area contributed by atoms with E-state index >= 15 is 0 Å². The Morgan fingerprint density at radius 2 is 1.19 bits per heavy atom. The SMILES string of the molecule is CC(C)CC(C)(C)C#N.CC(C)CC1(O)CC1.CC(C)CC1(O)CCC1. The normalized spacial score (nSPS) is 19.7. The fourth-order valence-electron chi connectivity index (χ4n) is 3.72. The summed E-state index contributed by atoms with van der Waals surface area (Å²) in [5, 5.41) is 27.5. The molecule has 0 atom stereocenters. The third-order valence-corrected chi connectivity index (χ3v) is 4.91. The second kappa shape index (κ2) is 10.7. The first-order valence-corrected chi connectivity index (χ1v) is 10.6. The predicted octanol–water partition coefficient (Wildman–Crippen LogP) is 6.09. The molecule has 0 radical (unpaired) electrons. The highest BCUT2D eigenvalue weighted by molar-refractivity contribution is 4.93. The Kier molecular flexibility index (Phi) is 10.4. The Balaban J connectivity index is 0.000000361. The molecule has 0 amide bonds. The van der Waals surface area contributed by atoms with Crippen LogP contribution in [0.4, 0.5) is 0 Å². The third kappa shape index (κ3) is 12.7. The maximum absolute atomic E-state index is 9.58. The van der Waals surface area contributed by atoms with E-state index in [1.807, 2.05) is 13.8 Å². The second-order valence-corrected chi connectivity index (χ2v) is 10.6. The van der Waals surface area contributed by atoms with Gasteiger partial charge in [-0.2, -0.15) is 5.26 Å². The topological polar surface area (TPSA) is 64.2 Å². The van der Waals surface area contributed by atoms with E-state index in [0.29, 0.717) is 17.8 Å². The fraction of sp³-hybridized carbons (Fsp3) is 0.957. The van der Waals surface area contributed by atoms with E-state index in [1.165, 1.54) is 6.42 Å². The highest BCUT2D eigenvalue weighted by atomic mass is 16.3. The zero-order valence-corrected chi connectivity index (χ0v) is 18.7. The molecular weight excluding hydrogens is 322 g/mol. The molecule has 0 aromatic rings. The number of nitrogens with zero attached hydrogens (tertiary/aromatic N) is 1. The lowest BCUT2D eigenvalue weighted by molar-refractivity contribution is -0.0493. The van der Waals surface area contributed by atoms with Crippen molar-refractivity contribution in [3.05, 3.63) is 0 Å². The molecule has 2 N–H and O–H groups in total. The van der Waals surface area contributed by atoms with E-state index in [2.05, 4.69) is 47.6 Å². The van der Waals surface area contributed by atoms with Gasteiger partial charge in [0.15, 0.2) is 0 Å². The smallest absolute Gasteiger partial charge is 0.0684 e. The monoisotopic (exact) mass is 367 g/mol. The van der Waals surface area contributed by atoms with Gasteiger partial charge in [-0.05, 0) is 83.0 Å². The van der Waals surface area contributed by atoms with E-state index in [1.54, 1.807) is 0 Å². The van der Waals surface area contributed by atoms with Crippen molar-refractivity contribution in [3.63, 3.8) is 0 Å². The molecule has 0 spiro atoms. The molecule has 2 rings (SSSR count). The van der Waals surface area contributed by atoms with E-state index in [0.717, 1.165) is 44.9 Å². The number of aliphatic hydroxyl groups is 2. The van der Waals surface area contributed by atoms with Crippen LogP contribution in [0.3, 0.4) is 0 Å². The van der Waals surface area contributed by atoms with Gasteiger partial charge >= 0.3 is 0 Å². The average Bonchev–Trinajstić information content (AvgIpc) is 3.12. The van der Waals surface area contributed by atoms with Gasteiger partial charge in [0, 0.05) is 0 Å². The summed E-state index contributed by atoms with van der Waals surface area (Å²) >= 11 is 0. The van der Waals surface area contributed by atoms with Crippen LogP contribution < -0.4 is 0 Å². The number of hydrogen-bond acceptors (Lipinski definition) is 3. The van der Waals surface area contributed by atoms with E-state index < -0.39 is 0 Å². The average molecular weight is 368 g/mol. The minimum Gasteiger partial charge on any atom is -0.390 e. The molecule has 0 aromatic carbocycles. The summed E-state index contributed by atoms with van der Waals surface area (Å²) in [6.45, 7) is 16.9. The zero-order chi connectivity index (χ0) is 20.6. The van der Waals surface area contributed by atoms with Crippen molar-refractivity contribution in [2.45, 2.75) is 118 Å². The number of rotatable bonds is 6. The van der Waals surface area contributed by atoms with E-state index in [-0.39, 0.29) is 16.6 Å². The van der Waals surface area contributed by atoms with Gasteiger partial charge in [-0.1, -0.05) is 41.5 Å². The van der Waals surface area contributed by atoms with Gasteiger partial charge in [0.05, 0.1) is 22.7 Å². The van der Waals surface area contributed by atoms with Gasteiger partial charge < -0.3 is 10.2 Å². The maximum atomic E-state index is 9.58. The molecule has 0 unspecified atom stereocenters. The van der Waals surface area contributed by atoms with Gasteiger partial charge in [-0.25, -0.2) is 0 Å². The quantitative estimate of drug-likeness (QED) is 0.597. The summed E-state index contributed by atoms with van der Waals surface area (Å²) in [7, 11) is 0. The van der Waals surface area contributed by atoms with Crippen molar-refractivity contribution >= 4 is 0 Å². The van der Waals surface area contributed by atoms with Crippen molar-refractivity contribution in [1.29, 1.82) is 5.26 Å². The molecule has 154 valence electrons.